The molecule has 0 saturated heterocycles. The van der Waals surface area contributed by atoms with Crippen molar-refractivity contribution in [3.63, 3.8) is 0 Å². The lowest BCUT2D eigenvalue weighted by Crippen LogP contribution is -2.14. The van der Waals surface area contributed by atoms with Crippen LogP contribution >= 0.6 is 11.8 Å². The highest BCUT2D eigenvalue weighted by atomic mass is 32.2. The fraction of sp³-hybridized carbons (Fsp3) is 0.238. The highest BCUT2D eigenvalue weighted by molar-refractivity contribution is 7.99. The lowest BCUT2D eigenvalue weighted by atomic mass is 10.2. The van der Waals surface area contributed by atoms with Gasteiger partial charge in [0.25, 0.3) is 0 Å². The Morgan fingerprint density at radius 2 is 2.00 bits per heavy atom. The second-order valence-electron chi connectivity index (χ2n) is 6.05. The van der Waals surface area contributed by atoms with Crippen LogP contribution in [0.15, 0.2) is 60.0 Å². The number of rotatable bonds is 8. The van der Waals surface area contributed by atoms with Crippen molar-refractivity contribution >= 4 is 23.4 Å². The number of thioether (sulfide) groups is 1. The number of methoxy groups -OCH3 is 1. The lowest BCUT2D eigenvalue weighted by molar-refractivity contribution is -0.113. The molecule has 146 valence electrons. The number of anilines is 1. The number of ether oxygens (including phenoxy) is 2. The number of carbonyl (C=O) groups excluding carboxylic acids is 1. The van der Waals surface area contributed by atoms with Crippen LogP contribution in [0.4, 0.5) is 5.69 Å². The van der Waals surface area contributed by atoms with E-state index in [1.165, 1.54) is 11.8 Å². The van der Waals surface area contributed by atoms with E-state index in [9.17, 15) is 4.79 Å². The third-order valence-corrected chi connectivity index (χ3v) is 4.95. The molecule has 1 aromatic heterocycles. The molecule has 0 spiro atoms. The van der Waals surface area contributed by atoms with Crippen molar-refractivity contribution in [2.45, 2.75) is 19.0 Å². The molecule has 1 N–H and O–H groups in total. The van der Waals surface area contributed by atoms with Crippen molar-refractivity contribution < 1.29 is 14.3 Å². The standard InChI is InChI=1S/C21H23N3O3S/c1-4-27-17-8-6-16(7-9-17)23-20(25)14-28-21-22-11-12-24(21)18-13-15(2)5-10-19(18)26-3/h5-13H,4,14H2,1-3H3,(H,23,25). The maximum atomic E-state index is 12.3. The van der Waals surface area contributed by atoms with E-state index >= 15 is 0 Å². The maximum Gasteiger partial charge on any atom is 0.234 e. The molecule has 0 aliphatic heterocycles. The topological polar surface area (TPSA) is 65.4 Å². The van der Waals surface area contributed by atoms with E-state index < -0.39 is 0 Å². The maximum absolute atomic E-state index is 12.3. The molecule has 6 nitrogen and oxygen atoms in total. The Kier molecular flexibility index (Phi) is 6.60. The molecule has 0 atom stereocenters. The number of imidazole rings is 1. The number of carbonyl (C=O) groups is 1. The average Bonchev–Trinajstić information content (AvgIpc) is 3.16. The van der Waals surface area contributed by atoms with Gasteiger partial charge in [0, 0.05) is 18.1 Å². The third-order valence-electron chi connectivity index (χ3n) is 3.98. The van der Waals surface area contributed by atoms with Gasteiger partial charge in [-0.3, -0.25) is 9.36 Å². The minimum Gasteiger partial charge on any atom is -0.495 e. The summed E-state index contributed by atoms with van der Waals surface area (Å²) in [6.07, 6.45) is 3.58. The number of nitrogens with zero attached hydrogens (tertiary/aromatic N) is 2. The van der Waals surface area contributed by atoms with Gasteiger partial charge in [-0.2, -0.15) is 0 Å². The highest BCUT2D eigenvalue weighted by Crippen LogP contribution is 2.28. The van der Waals surface area contributed by atoms with E-state index in [2.05, 4.69) is 10.3 Å². The largest absolute Gasteiger partial charge is 0.495 e. The summed E-state index contributed by atoms with van der Waals surface area (Å²) < 4.78 is 12.8. The first-order valence-corrected chi connectivity index (χ1v) is 9.93. The van der Waals surface area contributed by atoms with E-state index in [4.69, 9.17) is 9.47 Å². The van der Waals surface area contributed by atoms with Crippen molar-refractivity contribution in [3.8, 4) is 17.2 Å². The molecular formula is C21H23N3O3S. The molecule has 1 heterocycles. The fourth-order valence-corrected chi connectivity index (χ4v) is 3.46. The first-order valence-electron chi connectivity index (χ1n) is 8.94. The molecule has 3 aromatic rings. The summed E-state index contributed by atoms with van der Waals surface area (Å²) >= 11 is 1.37. The zero-order valence-electron chi connectivity index (χ0n) is 16.1. The average molecular weight is 398 g/mol. The predicted octanol–water partition coefficient (Wildman–Crippen LogP) is 4.32. The molecule has 28 heavy (non-hydrogen) atoms. The van der Waals surface area contributed by atoms with Gasteiger partial charge in [-0.05, 0) is 55.8 Å². The third kappa shape index (κ3) is 4.86. The summed E-state index contributed by atoms with van der Waals surface area (Å²) in [5.41, 5.74) is 2.75. The molecule has 1 amide bonds. The minimum absolute atomic E-state index is 0.0973. The molecule has 0 unspecified atom stereocenters. The molecular weight excluding hydrogens is 374 g/mol. The molecule has 0 aliphatic carbocycles. The summed E-state index contributed by atoms with van der Waals surface area (Å²) in [4.78, 5) is 16.7. The van der Waals surface area contributed by atoms with Crippen LogP contribution in [0.3, 0.4) is 0 Å². The van der Waals surface area contributed by atoms with E-state index in [0.717, 1.165) is 33.6 Å². The van der Waals surface area contributed by atoms with Crippen molar-refractivity contribution in [1.29, 1.82) is 0 Å². The zero-order chi connectivity index (χ0) is 19.9. The smallest absolute Gasteiger partial charge is 0.234 e. The Hall–Kier alpha value is -2.93. The van der Waals surface area contributed by atoms with Crippen molar-refractivity contribution in [1.82, 2.24) is 9.55 Å². The van der Waals surface area contributed by atoms with E-state index in [-0.39, 0.29) is 11.7 Å². The Balaban J connectivity index is 1.65. The van der Waals surface area contributed by atoms with Gasteiger partial charge in [0.1, 0.15) is 11.5 Å². The summed E-state index contributed by atoms with van der Waals surface area (Å²) in [5.74, 6) is 1.69. The predicted molar refractivity (Wildman–Crippen MR) is 112 cm³/mol. The number of amides is 1. The summed E-state index contributed by atoms with van der Waals surface area (Å²) in [6.45, 7) is 4.57. The van der Waals surface area contributed by atoms with Gasteiger partial charge in [-0.1, -0.05) is 17.8 Å². The number of aryl methyl sites for hydroxylation is 1. The number of benzene rings is 2. The second-order valence-corrected chi connectivity index (χ2v) is 6.99. The van der Waals surface area contributed by atoms with Crippen LogP contribution in [-0.2, 0) is 4.79 Å². The first-order chi connectivity index (χ1) is 13.6. The summed E-state index contributed by atoms with van der Waals surface area (Å²) in [6, 6.07) is 13.3. The van der Waals surface area contributed by atoms with Crippen LogP contribution in [0.1, 0.15) is 12.5 Å². The summed E-state index contributed by atoms with van der Waals surface area (Å²) in [7, 11) is 1.64. The van der Waals surface area contributed by atoms with Gasteiger partial charge >= 0.3 is 0 Å². The van der Waals surface area contributed by atoms with Gasteiger partial charge in [0.05, 0.1) is 25.2 Å². The molecule has 0 fully saturated rings. The summed E-state index contributed by atoms with van der Waals surface area (Å²) in [5, 5.41) is 3.62. The van der Waals surface area contributed by atoms with E-state index in [1.807, 2.05) is 67.1 Å². The van der Waals surface area contributed by atoms with Crippen LogP contribution < -0.4 is 14.8 Å². The number of nitrogens with one attached hydrogen (secondary N) is 1. The fourth-order valence-electron chi connectivity index (χ4n) is 2.70. The van der Waals surface area contributed by atoms with E-state index in [0.29, 0.717) is 6.61 Å². The van der Waals surface area contributed by atoms with E-state index in [1.54, 1.807) is 13.3 Å². The molecule has 7 heteroatoms. The Morgan fingerprint density at radius 1 is 1.21 bits per heavy atom. The van der Waals surface area contributed by atoms with Crippen molar-refractivity contribution in [2.75, 3.05) is 24.8 Å². The molecule has 0 radical (unpaired) electrons. The van der Waals surface area contributed by atoms with Crippen molar-refractivity contribution in [3.05, 3.63) is 60.4 Å². The van der Waals surface area contributed by atoms with Crippen LogP contribution in [0.2, 0.25) is 0 Å². The second kappa shape index (κ2) is 9.32. The Bertz CT molecular complexity index is 938. The Labute approximate surface area is 168 Å². The van der Waals surface area contributed by atoms with Gasteiger partial charge in [-0.15, -0.1) is 0 Å². The minimum atomic E-state index is -0.0973. The van der Waals surface area contributed by atoms with Gasteiger partial charge in [0.2, 0.25) is 5.91 Å². The van der Waals surface area contributed by atoms with Gasteiger partial charge < -0.3 is 14.8 Å². The van der Waals surface area contributed by atoms with Crippen LogP contribution in [-0.4, -0.2) is 34.9 Å². The highest BCUT2D eigenvalue weighted by Gasteiger charge is 2.13. The lowest BCUT2D eigenvalue weighted by Gasteiger charge is -2.13. The Morgan fingerprint density at radius 3 is 2.71 bits per heavy atom. The quantitative estimate of drug-likeness (QED) is 0.574. The van der Waals surface area contributed by atoms with Crippen molar-refractivity contribution in [2.24, 2.45) is 0 Å². The molecule has 2 aromatic carbocycles. The van der Waals surface area contributed by atoms with Gasteiger partial charge in [0.15, 0.2) is 5.16 Å². The van der Waals surface area contributed by atoms with Crippen LogP contribution in [0.25, 0.3) is 5.69 Å². The van der Waals surface area contributed by atoms with Crippen LogP contribution in [0, 0.1) is 6.92 Å². The number of hydrogen-bond donors (Lipinski definition) is 1. The number of aromatic nitrogens is 2. The number of hydrogen-bond acceptors (Lipinski definition) is 5. The molecule has 0 saturated carbocycles. The zero-order valence-corrected chi connectivity index (χ0v) is 17.0. The monoisotopic (exact) mass is 397 g/mol. The molecule has 0 bridgehead atoms. The molecule has 3 rings (SSSR count). The SMILES string of the molecule is CCOc1ccc(NC(=O)CSc2nccn2-c2cc(C)ccc2OC)cc1. The van der Waals surface area contributed by atoms with Crippen LogP contribution in [0.5, 0.6) is 11.5 Å². The molecule has 0 aliphatic rings. The van der Waals surface area contributed by atoms with Gasteiger partial charge in [-0.25, -0.2) is 4.98 Å². The first kappa shape index (κ1) is 19.8. The normalized spacial score (nSPS) is 10.5.